The van der Waals surface area contributed by atoms with Gasteiger partial charge >= 0.3 is 0 Å². The third kappa shape index (κ3) is 4.42. The molecule has 0 aromatic rings. The summed E-state index contributed by atoms with van der Waals surface area (Å²) in [5, 5.41) is 12.9. The summed E-state index contributed by atoms with van der Waals surface area (Å²) in [7, 11) is 0. The van der Waals surface area contributed by atoms with Crippen LogP contribution in [-0.2, 0) is 4.74 Å². The van der Waals surface area contributed by atoms with Gasteiger partial charge in [0.2, 0.25) is 0 Å². The topological polar surface area (TPSA) is 44.7 Å². The summed E-state index contributed by atoms with van der Waals surface area (Å²) in [6, 6.07) is 0.676. The van der Waals surface area contributed by atoms with E-state index in [-0.39, 0.29) is 12.0 Å². The Kier molecular flexibility index (Phi) is 6.75. The van der Waals surface area contributed by atoms with Crippen molar-refractivity contribution in [3.05, 3.63) is 0 Å². The van der Waals surface area contributed by atoms with Crippen molar-refractivity contribution in [3.8, 4) is 0 Å². The van der Waals surface area contributed by atoms with Gasteiger partial charge in [-0.2, -0.15) is 0 Å². The molecule has 2 rings (SSSR count). The molecule has 1 heterocycles. The van der Waals surface area contributed by atoms with Crippen LogP contribution in [0.3, 0.4) is 0 Å². The van der Waals surface area contributed by atoms with Crippen LogP contribution in [-0.4, -0.2) is 62.0 Å². The van der Waals surface area contributed by atoms with Crippen LogP contribution in [0.1, 0.15) is 45.4 Å². The molecule has 0 aromatic carbocycles. The van der Waals surface area contributed by atoms with Crippen molar-refractivity contribution in [1.82, 2.24) is 10.2 Å². The molecule has 1 aliphatic carbocycles. The van der Waals surface area contributed by atoms with Crippen LogP contribution in [0.25, 0.3) is 0 Å². The molecule has 118 valence electrons. The lowest BCUT2D eigenvalue weighted by Crippen LogP contribution is -2.49. The first-order valence-electron chi connectivity index (χ1n) is 8.43. The minimum atomic E-state index is 0.253. The fourth-order valence-electron chi connectivity index (χ4n) is 3.76. The molecule has 0 spiro atoms. The number of ether oxygens (including phenoxy) is 1. The van der Waals surface area contributed by atoms with E-state index in [0.29, 0.717) is 6.04 Å². The Morgan fingerprint density at radius 3 is 2.70 bits per heavy atom. The summed E-state index contributed by atoms with van der Waals surface area (Å²) >= 11 is 0. The molecule has 1 saturated heterocycles. The maximum atomic E-state index is 9.41. The Morgan fingerprint density at radius 1 is 1.30 bits per heavy atom. The zero-order valence-electron chi connectivity index (χ0n) is 13.1. The first kappa shape index (κ1) is 16.2. The van der Waals surface area contributed by atoms with Crippen LogP contribution in [0, 0.1) is 5.41 Å². The molecule has 20 heavy (non-hydrogen) atoms. The molecule has 0 radical (unpaired) electrons. The molecular formula is C16H32N2O2. The van der Waals surface area contributed by atoms with Crippen LogP contribution < -0.4 is 5.32 Å². The molecule has 1 atom stereocenters. The second kappa shape index (κ2) is 8.32. The number of aliphatic hydroxyl groups is 1. The van der Waals surface area contributed by atoms with Crippen LogP contribution in [0.5, 0.6) is 0 Å². The number of rotatable bonds is 8. The Morgan fingerprint density at radius 2 is 2.10 bits per heavy atom. The fraction of sp³-hybridized carbons (Fsp3) is 1.00. The van der Waals surface area contributed by atoms with Gasteiger partial charge in [0, 0.05) is 37.7 Å². The summed E-state index contributed by atoms with van der Waals surface area (Å²) in [6.45, 7) is 8.15. The average Bonchev–Trinajstić information content (AvgIpc) is 2.95. The summed E-state index contributed by atoms with van der Waals surface area (Å²) in [6.07, 6.45) is 7.84. The van der Waals surface area contributed by atoms with E-state index in [1.165, 1.54) is 32.1 Å². The van der Waals surface area contributed by atoms with Crippen molar-refractivity contribution in [1.29, 1.82) is 0 Å². The minimum absolute atomic E-state index is 0.253. The predicted molar refractivity (Wildman–Crippen MR) is 81.9 cm³/mol. The predicted octanol–water partition coefficient (Wildman–Crippen LogP) is 1.63. The van der Waals surface area contributed by atoms with Crippen molar-refractivity contribution >= 4 is 0 Å². The SMILES string of the molecule is CCNCC1(CN(CCO)C2CCCCC2)CCOC1. The molecule has 0 amide bonds. The number of nitrogens with one attached hydrogen (secondary N) is 1. The van der Waals surface area contributed by atoms with Gasteiger partial charge in [-0.05, 0) is 25.8 Å². The fourth-order valence-corrected chi connectivity index (χ4v) is 3.76. The molecule has 1 aliphatic heterocycles. The van der Waals surface area contributed by atoms with Gasteiger partial charge in [0.25, 0.3) is 0 Å². The Labute approximate surface area is 123 Å². The van der Waals surface area contributed by atoms with E-state index in [9.17, 15) is 5.11 Å². The average molecular weight is 284 g/mol. The van der Waals surface area contributed by atoms with Gasteiger partial charge < -0.3 is 15.2 Å². The van der Waals surface area contributed by atoms with E-state index >= 15 is 0 Å². The molecule has 0 aromatic heterocycles. The van der Waals surface area contributed by atoms with Gasteiger partial charge in [0.1, 0.15) is 0 Å². The van der Waals surface area contributed by atoms with Crippen molar-refractivity contribution in [2.24, 2.45) is 5.41 Å². The molecule has 1 saturated carbocycles. The highest BCUT2D eigenvalue weighted by molar-refractivity contribution is 4.90. The zero-order chi connectivity index (χ0) is 14.3. The Hall–Kier alpha value is -0.160. The molecule has 4 nitrogen and oxygen atoms in total. The van der Waals surface area contributed by atoms with Crippen LogP contribution >= 0.6 is 0 Å². The van der Waals surface area contributed by atoms with Gasteiger partial charge in [-0.3, -0.25) is 4.90 Å². The monoisotopic (exact) mass is 284 g/mol. The molecule has 2 aliphatic rings. The third-order valence-corrected chi connectivity index (χ3v) is 4.95. The normalized spacial score (nSPS) is 28.4. The highest BCUT2D eigenvalue weighted by atomic mass is 16.5. The lowest BCUT2D eigenvalue weighted by Gasteiger charge is -2.40. The van der Waals surface area contributed by atoms with Crippen molar-refractivity contribution in [2.45, 2.75) is 51.5 Å². The Balaban J connectivity index is 1.96. The highest BCUT2D eigenvalue weighted by Gasteiger charge is 2.37. The largest absolute Gasteiger partial charge is 0.395 e. The third-order valence-electron chi connectivity index (χ3n) is 4.95. The van der Waals surface area contributed by atoms with E-state index in [1.807, 2.05) is 0 Å². The van der Waals surface area contributed by atoms with Crippen molar-refractivity contribution < 1.29 is 9.84 Å². The molecule has 1 unspecified atom stereocenters. The van der Waals surface area contributed by atoms with Crippen LogP contribution in [0.2, 0.25) is 0 Å². The number of hydrogen-bond acceptors (Lipinski definition) is 4. The quantitative estimate of drug-likeness (QED) is 0.711. The zero-order valence-corrected chi connectivity index (χ0v) is 13.1. The number of hydrogen-bond donors (Lipinski definition) is 2. The molecule has 0 bridgehead atoms. The minimum Gasteiger partial charge on any atom is -0.395 e. The van der Waals surface area contributed by atoms with E-state index in [0.717, 1.165) is 45.8 Å². The van der Waals surface area contributed by atoms with E-state index in [4.69, 9.17) is 4.74 Å². The van der Waals surface area contributed by atoms with Gasteiger partial charge in [0.15, 0.2) is 0 Å². The standard InChI is InChI=1S/C16H32N2O2/c1-2-17-12-16(8-11-20-14-16)13-18(9-10-19)15-6-4-3-5-7-15/h15,17,19H,2-14H2,1H3. The van der Waals surface area contributed by atoms with E-state index < -0.39 is 0 Å². The van der Waals surface area contributed by atoms with E-state index in [1.54, 1.807) is 0 Å². The molecular weight excluding hydrogens is 252 g/mol. The van der Waals surface area contributed by atoms with Crippen molar-refractivity contribution in [3.63, 3.8) is 0 Å². The number of aliphatic hydroxyl groups excluding tert-OH is 1. The molecule has 2 fully saturated rings. The van der Waals surface area contributed by atoms with Gasteiger partial charge in [-0.1, -0.05) is 26.2 Å². The smallest absolute Gasteiger partial charge is 0.0558 e. The van der Waals surface area contributed by atoms with Gasteiger partial charge in [-0.25, -0.2) is 0 Å². The lowest BCUT2D eigenvalue weighted by atomic mass is 9.84. The summed E-state index contributed by atoms with van der Waals surface area (Å²) in [4.78, 5) is 2.55. The van der Waals surface area contributed by atoms with Gasteiger partial charge in [0.05, 0.1) is 13.2 Å². The maximum Gasteiger partial charge on any atom is 0.0558 e. The van der Waals surface area contributed by atoms with Crippen LogP contribution in [0.15, 0.2) is 0 Å². The summed E-state index contributed by atoms with van der Waals surface area (Å²) in [5.41, 5.74) is 0.253. The second-order valence-corrected chi connectivity index (χ2v) is 6.57. The highest BCUT2D eigenvalue weighted by Crippen LogP contribution is 2.32. The van der Waals surface area contributed by atoms with E-state index in [2.05, 4.69) is 17.1 Å². The molecule has 2 N–H and O–H groups in total. The maximum absolute atomic E-state index is 9.41. The Bertz CT molecular complexity index is 261. The van der Waals surface area contributed by atoms with Gasteiger partial charge in [-0.15, -0.1) is 0 Å². The first-order chi connectivity index (χ1) is 9.79. The summed E-state index contributed by atoms with van der Waals surface area (Å²) < 4.78 is 5.69. The van der Waals surface area contributed by atoms with Crippen molar-refractivity contribution in [2.75, 3.05) is 46.0 Å². The first-order valence-corrected chi connectivity index (χ1v) is 8.43. The number of nitrogens with zero attached hydrogens (tertiary/aromatic N) is 1. The summed E-state index contributed by atoms with van der Waals surface area (Å²) in [5.74, 6) is 0. The molecule has 4 heteroatoms. The lowest BCUT2D eigenvalue weighted by molar-refractivity contribution is 0.0588. The van der Waals surface area contributed by atoms with Crippen LogP contribution in [0.4, 0.5) is 0 Å². The second-order valence-electron chi connectivity index (χ2n) is 6.57.